The van der Waals surface area contributed by atoms with Crippen LogP contribution in [0.2, 0.25) is 5.02 Å². The molecule has 0 fully saturated rings. The highest BCUT2D eigenvalue weighted by Gasteiger charge is 2.11. The van der Waals surface area contributed by atoms with Crippen molar-refractivity contribution in [1.29, 1.82) is 0 Å². The lowest BCUT2D eigenvalue weighted by molar-refractivity contribution is 0.104. The Morgan fingerprint density at radius 3 is 2.50 bits per heavy atom. The van der Waals surface area contributed by atoms with Crippen LogP contribution in [0, 0.1) is 13.8 Å². The van der Waals surface area contributed by atoms with E-state index in [9.17, 15) is 4.79 Å². The molecule has 0 aliphatic rings. The Morgan fingerprint density at radius 1 is 1.19 bits per heavy atom. The van der Waals surface area contributed by atoms with Gasteiger partial charge in [0.1, 0.15) is 0 Å². The van der Waals surface area contributed by atoms with Gasteiger partial charge in [0.05, 0.1) is 4.88 Å². The number of rotatable bonds is 2. The molecule has 1 heterocycles. The first-order valence-electron chi connectivity index (χ1n) is 4.95. The minimum absolute atomic E-state index is 0.0417. The Labute approximate surface area is 104 Å². The maximum atomic E-state index is 12.1. The molecule has 0 atom stereocenters. The monoisotopic (exact) mass is 250 g/mol. The molecule has 1 aromatic carbocycles. The third-order valence-electron chi connectivity index (χ3n) is 2.40. The molecule has 2 rings (SSSR count). The zero-order chi connectivity index (χ0) is 11.7. The molecule has 0 amide bonds. The average Bonchev–Trinajstić information content (AvgIpc) is 2.68. The Kier molecular flexibility index (Phi) is 3.13. The van der Waals surface area contributed by atoms with Crippen molar-refractivity contribution in [3.8, 4) is 0 Å². The molecule has 0 bridgehead atoms. The molecule has 1 nitrogen and oxygen atoms in total. The Morgan fingerprint density at radius 2 is 1.94 bits per heavy atom. The van der Waals surface area contributed by atoms with Crippen LogP contribution in [0.15, 0.2) is 30.3 Å². The van der Waals surface area contributed by atoms with E-state index in [-0.39, 0.29) is 5.78 Å². The van der Waals surface area contributed by atoms with Crippen LogP contribution in [-0.4, -0.2) is 5.78 Å². The molecule has 0 aliphatic carbocycles. The Balaban J connectivity index is 2.38. The quantitative estimate of drug-likeness (QED) is 0.729. The van der Waals surface area contributed by atoms with E-state index >= 15 is 0 Å². The number of halogens is 1. The van der Waals surface area contributed by atoms with E-state index in [0.717, 1.165) is 15.3 Å². The third kappa shape index (κ3) is 2.18. The van der Waals surface area contributed by atoms with Crippen LogP contribution in [0.1, 0.15) is 25.7 Å². The highest BCUT2D eigenvalue weighted by atomic mass is 35.5. The molecule has 0 saturated heterocycles. The minimum Gasteiger partial charge on any atom is -0.288 e. The summed E-state index contributed by atoms with van der Waals surface area (Å²) in [7, 11) is 0. The van der Waals surface area contributed by atoms with Gasteiger partial charge in [-0.15, -0.1) is 11.3 Å². The van der Waals surface area contributed by atoms with Gasteiger partial charge in [0.2, 0.25) is 5.78 Å². The van der Waals surface area contributed by atoms with Crippen LogP contribution >= 0.6 is 22.9 Å². The lowest BCUT2D eigenvalue weighted by Crippen LogP contribution is -1.98. The van der Waals surface area contributed by atoms with E-state index in [1.165, 1.54) is 11.3 Å². The summed E-state index contributed by atoms with van der Waals surface area (Å²) in [6.45, 7) is 3.91. The summed E-state index contributed by atoms with van der Waals surface area (Å²) >= 11 is 7.51. The first-order valence-corrected chi connectivity index (χ1v) is 6.14. The van der Waals surface area contributed by atoms with Crippen molar-refractivity contribution < 1.29 is 4.79 Å². The number of aryl methyl sites for hydroxylation is 2. The SMILES string of the molecule is Cc1ccc(C(=O)c2ccc(C)c(Cl)c2)s1. The standard InChI is InChI=1S/C13H11ClOS/c1-8-3-5-10(7-11(8)14)13(15)12-6-4-9(2)16-12/h3-7H,1-2H3. The summed E-state index contributed by atoms with van der Waals surface area (Å²) in [5, 5.41) is 0.638. The van der Waals surface area contributed by atoms with Gasteiger partial charge < -0.3 is 0 Å². The van der Waals surface area contributed by atoms with Crippen molar-refractivity contribution in [3.63, 3.8) is 0 Å². The fraction of sp³-hybridized carbons (Fsp3) is 0.154. The van der Waals surface area contributed by atoms with Crippen LogP contribution in [-0.2, 0) is 0 Å². The maximum absolute atomic E-state index is 12.1. The number of benzene rings is 1. The van der Waals surface area contributed by atoms with E-state index in [1.807, 2.05) is 38.1 Å². The van der Waals surface area contributed by atoms with Gasteiger partial charge in [-0.05, 0) is 37.6 Å². The normalized spacial score (nSPS) is 10.4. The first kappa shape index (κ1) is 11.4. The number of thiophene rings is 1. The molecule has 82 valence electrons. The average molecular weight is 251 g/mol. The van der Waals surface area contributed by atoms with Crippen LogP contribution in [0.3, 0.4) is 0 Å². The third-order valence-corrected chi connectivity index (χ3v) is 3.80. The minimum atomic E-state index is 0.0417. The number of ketones is 1. The molecule has 0 spiro atoms. The molecule has 0 radical (unpaired) electrons. The fourth-order valence-electron chi connectivity index (χ4n) is 1.43. The van der Waals surface area contributed by atoms with Crippen molar-refractivity contribution >= 4 is 28.7 Å². The lowest BCUT2D eigenvalue weighted by atomic mass is 10.1. The molecule has 1 aromatic heterocycles. The molecule has 0 unspecified atom stereocenters. The van der Waals surface area contributed by atoms with Crippen molar-refractivity contribution in [2.75, 3.05) is 0 Å². The molecule has 0 N–H and O–H groups in total. The predicted molar refractivity (Wildman–Crippen MR) is 68.7 cm³/mol. The van der Waals surface area contributed by atoms with E-state index < -0.39 is 0 Å². The number of carbonyl (C=O) groups excluding carboxylic acids is 1. The van der Waals surface area contributed by atoms with Crippen LogP contribution in [0.4, 0.5) is 0 Å². The molecule has 3 heteroatoms. The van der Waals surface area contributed by atoms with E-state index in [1.54, 1.807) is 6.07 Å². The van der Waals surface area contributed by atoms with Crippen molar-refractivity contribution in [3.05, 3.63) is 56.2 Å². The summed E-state index contributed by atoms with van der Waals surface area (Å²) in [4.78, 5) is 14.0. The summed E-state index contributed by atoms with van der Waals surface area (Å²) in [5.74, 6) is 0.0417. The molecule has 0 aliphatic heterocycles. The molecule has 16 heavy (non-hydrogen) atoms. The molecule has 2 aromatic rings. The number of hydrogen-bond donors (Lipinski definition) is 0. The van der Waals surface area contributed by atoms with Gasteiger partial charge >= 0.3 is 0 Å². The zero-order valence-electron chi connectivity index (χ0n) is 9.08. The topological polar surface area (TPSA) is 17.1 Å². The van der Waals surface area contributed by atoms with E-state index in [2.05, 4.69) is 0 Å². The van der Waals surface area contributed by atoms with Gasteiger partial charge in [-0.2, -0.15) is 0 Å². The fourth-order valence-corrected chi connectivity index (χ4v) is 2.44. The first-order chi connectivity index (χ1) is 7.58. The number of carbonyl (C=O) groups is 1. The largest absolute Gasteiger partial charge is 0.288 e. The number of hydrogen-bond acceptors (Lipinski definition) is 2. The second kappa shape index (κ2) is 4.40. The highest BCUT2D eigenvalue weighted by molar-refractivity contribution is 7.14. The van der Waals surface area contributed by atoms with Crippen LogP contribution in [0.5, 0.6) is 0 Å². The highest BCUT2D eigenvalue weighted by Crippen LogP contribution is 2.22. The van der Waals surface area contributed by atoms with Crippen molar-refractivity contribution in [1.82, 2.24) is 0 Å². The smallest absolute Gasteiger partial charge is 0.203 e. The van der Waals surface area contributed by atoms with Crippen molar-refractivity contribution in [2.45, 2.75) is 13.8 Å². The summed E-state index contributed by atoms with van der Waals surface area (Å²) in [6.07, 6.45) is 0. The van der Waals surface area contributed by atoms with Crippen molar-refractivity contribution in [2.24, 2.45) is 0 Å². The Bertz CT molecular complexity index is 543. The van der Waals surface area contributed by atoms with Gasteiger partial charge in [0, 0.05) is 15.5 Å². The van der Waals surface area contributed by atoms with Gasteiger partial charge in [0.25, 0.3) is 0 Å². The predicted octanol–water partition coefficient (Wildman–Crippen LogP) is 4.25. The van der Waals surface area contributed by atoms with E-state index in [4.69, 9.17) is 11.6 Å². The van der Waals surface area contributed by atoms with Gasteiger partial charge in [-0.25, -0.2) is 0 Å². The van der Waals surface area contributed by atoms with Crippen LogP contribution in [0.25, 0.3) is 0 Å². The second-order valence-electron chi connectivity index (χ2n) is 3.70. The Hall–Kier alpha value is -1.12. The van der Waals surface area contributed by atoms with Gasteiger partial charge in [0.15, 0.2) is 0 Å². The summed E-state index contributed by atoms with van der Waals surface area (Å²) in [6, 6.07) is 9.23. The second-order valence-corrected chi connectivity index (χ2v) is 5.40. The summed E-state index contributed by atoms with van der Waals surface area (Å²) in [5.41, 5.74) is 1.64. The maximum Gasteiger partial charge on any atom is 0.203 e. The lowest BCUT2D eigenvalue weighted by Gasteiger charge is -2.01. The molecular formula is C13H11ClOS. The van der Waals surface area contributed by atoms with Gasteiger partial charge in [-0.3, -0.25) is 4.79 Å². The van der Waals surface area contributed by atoms with E-state index in [0.29, 0.717) is 10.6 Å². The molecular weight excluding hydrogens is 240 g/mol. The summed E-state index contributed by atoms with van der Waals surface area (Å²) < 4.78 is 0. The van der Waals surface area contributed by atoms with Crippen LogP contribution < -0.4 is 0 Å². The van der Waals surface area contributed by atoms with Gasteiger partial charge in [-0.1, -0.05) is 23.7 Å². The zero-order valence-corrected chi connectivity index (χ0v) is 10.7. The molecule has 0 saturated carbocycles.